The maximum absolute atomic E-state index is 12.1. The van der Waals surface area contributed by atoms with Gasteiger partial charge >= 0.3 is 13.6 Å². The molecule has 0 aromatic heterocycles. The molecular weight excluding hydrogens is 279 g/mol. The molecule has 0 aliphatic carbocycles. The normalized spacial score (nSPS) is 11.3. The van der Waals surface area contributed by atoms with Gasteiger partial charge in [-0.3, -0.25) is 9.36 Å². The first-order chi connectivity index (χ1) is 9.59. The van der Waals surface area contributed by atoms with Crippen LogP contribution in [0.1, 0.15) is 25.8 Å². The monoisotopic (exact) mass is 300 g/mol. The van der Waals surface area contributed by atoms with Gasteiger partial charge < -0.3 is 13.8 Å². The molecule has 0 spiro atoms. The predicted molar refractivity (Wildman–Crippen MR) is 76.6 cm³/mol. The number of carbonyl (C=O) groups is 1. The molecule has 0 N–H and O–H groups in total. The van der Waals surface area contributed by atoms with Gasteiger partial charge in [0, 0.05) is 0 Å². The van der Waals surface area contributed by atoms with E-state index in [9.17, 15) is 9.36 Å². The Balaban J connectivity index is 2.36. The van der Waals surface area contributed by atoms with Crippen molar-refractivity contribution in [3.8, 4) is 0 Å². The van der Waals surface area contributed by atoms with Crippen molar-refractivity contribution >= 4 is 13.6 Å². The van der Waals surface area contributed by atoms with Gasteiger partial charge in [0.2, 0.25) is 0 Å². The van der Waals surface area contributed by atoms with Gasteiger partial charge in [0.1, 0.15) is 6.61 Å². The lowest BCUT2D eigenvalue weighted by atomic mass is 10.2. The second-order valence-corrected chi connectivity index (χ2v) is 6.25. The third-order valence-electron chi connectivity index (χ3n) is 2.48. The van der Waals surface area contributed by atoms with E-state index in [1.54, 1.807) is 13.8 Å². The van der Waals surface area contributed by atoms with Crippen LogP contribution in [0.4, 0.5) is 0 Å². The minimum atomic E-state index is -3.17. The summed E-state index contributed by atoms with van der Waals surface area (Å²) in [7, 11) is -3.17. The van der Waals surface area contributed by atoms with Gasteiger partial charge in [-0.2, -0.15) is 0 Å². The van der Waals surface area contributed by atoms with Crippen molar-refractivity contribution in [1.29, 1.82) is 0 Å². The fraction of sp³-hybridized carbons (Fsp3) is 0.500. The quantitative estimate of drug-likeness (QED) is 0.517. The number of ether oxygens (including phenoxy) is 1. The Morgan fingerprint density at radius 3 is 2.25 bits per heavy atom. The zero-order valence-corrected chi connectivity index (χ0v) is 12.8. The van der Waals surface area contributed by atoms with E-state index in [0.717, 1.165) is 5.56 Å². The lowest BCUT2D eigenvalue weighted by Crippen LogP contribution is -2.09. The van der Waals surface area contributed by atoms with E-state index in [1.165, 1.54) is 0 Å². The van der Waals surface area contributed by atoms with Crippen molar-refractivity contribution in [2.24, 2.45) is 0 Å². The molecule has 0 fully saturated rings. The van der Waals surface area contributed by atoms with Crippen LogP contribution in [0.2, 0.25) is 0 Å². The first kappa shape index (κ1) is 16.9. The molecule has 0 aliphatic heterocycles. The molecular formula is C14H21O5P. The molecule has 1 rings (SSSR count). The summed E-state index contributed by atoms with van der Waals surface area (Å²) in [5, 5.41) is 0. The molecule has 0 unspecified atom stereocenters. The smallest absolute Gasteiger partial charge is 0.331 e. The summed E-state index contributed by atoms with van der Waals surface area (Å²) in [6.45, 7) is 4.26. The lowest BCUT2D eigenvalue weighted by Gasteiger charge is -2.16. The molecule has 20 heavy (non-hydrogen) atoms. The number of hydrogen-bond donors (Lipinski definition) is 0. The van der Waals surface area contributed by atoms with Crippen molar-refractivity contribution in [3.63, 3.8) is 0 Å². The number of esters is 1. The molecule has 0 saturated carbocycles. The molecule has 0 heterocycles. The summed E-state index contributed by atoms with van der Waals surface area (Å²) in [4.78, 5) is 11.6. The van der Waals surface area contributed by atoms with Gasteiger partial charge in [0.15, 0.2) is 0 Å². The standard InChI is InChI=1S/C14H21O5P/c1-3-18-20(16,19-4-2)11-10-14(15)17-12-13-8-6-5-7-9-13/h5-9H,3-4,10-12H2,1-2H3. The van der Waals surface area contributed by atoms with E-state index in [0.29, 0.717) is 0 Å². The van der Waals surface area contributed by atoms with Gasteiger partial charge in [0.25, 0.3) is 0 Å². The third kappa shape index (κ3) is 6.33. The largest absolute Gasteiger partial charge is 0.461 e. The molecule has 0 bridgehead atoms. The van der Waals surface area contributed by atoms with Crippen LogP contribution in [0.5, 0.6) is 0 Å². The Bertz CT molecular complexity index is 436. The Morgan fingerprint density at radius 1 is 1.10 bits per heavy atom. The SMILES string of the molecule is CCOP(=O)(CCC(=O)OCc1ccccc1)OCC. The van der Waals surface area contributed by atoms with Crippen molar-refractivity contribution in [2.45, 2.75) is 26.9 Å². The first-order valence-electron chi connectivity index (χ1n) is 6.67. The lowest BCUT2D eigenvalue weighted by molar-refractivity contribution is -0.144. The first-order valence-corrected chi connectivity index (χ1v) is 8.40. The van der Waals surface area contributed by atoms with Crippen LogP contribution < -0.4 is 0 Å². The second-order valence-electron chi connectivity index (χ2n) is 4.07. The van der Waals surface area contributed by atoms with Crippen molar-refractivity contribution in [2.75, 3.05) is 19.4 Å². The van der Waals surface area contributed by atoms with Crippen LogP contribution in [-0.2, 0) is 29.8 Å². The Labute approximate surface area is 119 Å². The predicted octanol–water partition coefficient (Wildman–Crippen LogP) is 3.39. The van der Waals surface area contributed by atoms with Gasteiger partial charge in [0.05, 0.1) is 25.8 Å². The summed E-state index contributed by atoms with van der Waals surface area (Å²) in [6, 6.07) is 9.39. The van der Waals surface area contributed by atoms with Crippen LogP contribution in [0, 0.1) is 0 Å². The van der Waals surface area contributed by atoms with E-state index < -0.39 is 13.6 Å². The van der Waals surface area contributed by atoms with E-state index in [-0.39, 0.29) is 32.4 Å². The molecule has 0 radical (unpaired) electrons. The Morgan fingerprint density at radius 2 is 1.70 bits per heavy atom. The van der Waals surface area contributed by atoms with Crippen LogP contribution >= 0.6 is 7.60 Å². The molecule has 1 aromatic carbocycles. The maximum atomic E-state index is 12.1. The highest BCUT2D eigenvalue weighted by atomic mass is 31.2. The molecule has 5 nitrogen and oxygen atoms in total. The summed E-state index contributed by atoms with van der Waals surface area (Å²) in [5.74, 6) is -0.409. The number of rotatable bonds is 9. The zero-order chi connectivity index (χ0) is 14.8. The molecule has 112 valence electrons. The van der Waals surface area contributed by atoms with Crippen molar-refractivity contribution in [3.05, 3.63) is 35.9 Å². The van der Waals surface area contributed by atoms with E-state index in [1.807, 2.05) is 30.3 Å². The van der Waals surface area contributed by atoms with Gasteiger partial charge in [-0.05, 0) is 19.4 Å². The highest BCUT2D eigenvalue weighted by Crippen LogP contribution is 2.48. The van der Waals surface area contributed by atoms with Crippen LogP contribution in [0.3, 0.4) is 0 Å². The molecule has 0 atom stereocenters. The van der Waals surface area contributed by atoms with Crippen molar-refractivity contribution in [1.82, 2.24) is 0 Å². The fourth-order valence-corrected chi connectivity index (χ4v) is 3.17. The van der Waals surface area contributed by atoms with E-state index in [4.69, 9.17) is 13.8 Å². The summed E-state index contributed by atoms with van der Waals surface area (Å²) in [6.07, 6.45) is 0.0619. The van der Waals surface area contributed by atoms with Crippen LogP contribution in [0.25, 0.3) is 0 Å². The highest BCUT2D eigenvalue weighted by Gasteiger charge is 2.24. The molecule has 1 aromatic rings. The highest BCUT2D eigenvalue weighted by molar-refractivity contribution is 7.53. The van der Waals surface area contributed by atoms with Crippen molar-refractivity contribution < 1.29 is 23.1 Å². The van der Waals surface area contributed by atoms with Crippen LogP contribution in [-0.4, -0.2) is 25.3 Å². The van der Waals surface area contributed by atoms with Gasteiger partial charge in [-0.1, -0.05) is 30.3 Å². The van der Waals surface area contributed by atoms with Crippen LogP contribution in [0.15, 0.2) is 30.3 Å². The molecule has 6 heteroatoms. The molecule has 0 saturated heterocycles. The minimum absolute atomic E-state index is 0.0180. The Kier molecular flexibility index (Phi) is 7.52. The van der Waals surface area contributed by atoms with E-state index >= 15 is 0 Å². The third-order valence-corrected chi connectivity index (χ3v) is 4.56. The number of hydrogen-bond acceptors (Lipinski definition) is 5. The van der Waals surface area contributed by atoms with E-state index in [2.05, 4.69) is 0 Å². The number of benzene rings is 1. The average molecular weight is 300 g/mol. The Hall–Kier alpha value is -1.16. The average Bonchev–Trinajstić information content (AvgIpc) is 2.45. The van der Waals surface area contributed by atoms with Gasteiger partial charge in [-0.15, -0.1) is 0 Å². The summed E-state index contributed by atoms with van der Waals surface area (Å²) >= 11 is 0. The second kappa shape index (κ2) is 8.90. The maximum Gasteiger partial charge on any atom is 0.331 e. The fourth-order valence-electron chi connectivity index (χ4n) is 1.60. The zero-order valence-electron chi connectivity index (χ0n) is 11.9. The summed E-state index contributed by atoms with van der Waals surface area (Å²) < 4.78 is 27.5. The minimum Gasteiger partial charge on any atom is -0.461 e. The molecule has 0 amide bonds. The topological polar surface area (TPSA) is 61.8 Å². The molecule has 0 aliphatic rings. The number of carbonyl (C=O) groups excluding carboxylic acids is 1. The van der Waals surface area contributed by atoms with Gasteiger partial charge in [-0.25, -0.2) is 0 Å². The summed E-state index contributed by atoms with van der Waals surface area (Å²) in [5.41, 5.74) is 0.915.